The third kappa shape index (κ3) is 5.72. The number of alkyl halides is 3. The van der Waals surface area contributed by atoms with Crippen LogP contribution >= 0.6 is 0 Å². The summed E-state index contributed by atoms with van der Waals surface area (Å²) in [5.74, 6) is 0.476. The van der Waals surface area contributed by atoms with Crippen molar-refractivity contribution >= 4 is 23.4 Å². The highest BCUT2D eigenvalue weighted by atomic mass is 19.4. The summed E-state index contributed by atoms with van der Waals surface area (Å²) in [4.78, 5) is 22.7. The highest BCUT2D eigenvalue weighted by molar-refractivity contribution is 5.79. The molecule has 1 amide bonds. The third-order valence-electron chi connectivity index (χ3n) is 4.55. The van der Waals surface area contributed by atoms with Gasteiger partial charge in [0.1, 0.15) is 18.1 Å². The van der Waals surface area contributed by atoms with Gasteiger partial charge in [-0.05, 0) is 31.0 Å². The number of ether oxygens (including phenoxy) is 1. The van der Waals surface area contributed by atoms with Gasteiger partial charge in [-0.2, -0.15) is 18.2 Å². The molecule has 1 unspecified atom stereocenters. The van der Waals surface area contributed by atoms with Crippen LogP contribution in [-0.4, -0.2) is 48.8 Å². The van der Waals surface area contributed by atoms with Gasteiger partial charge in [0.15, 0.2) is 0 Å². The van der Waals surface area contributed by atoms with Gasteiger partial charge in [-0.3, -0.25) is 4.79 Å². The fourth-order valence-electron chi connectivity index (χ4n) is 3.16. The van der Waals surface area contributed by atoms with Crippen molar-refractivity contribution in [3.8, 4) is 5.75 Å². The second kappa shape index (κ2) is 8.97. The third-order valence-corrected chi connectivity index (χ3v) is 4.55. The molecule has 156 valence electrons. The minimum Gasteiger partial charge on any atom is -0.495 e. The van der Waals surface area contributed by atoms with Crippen molar-refractivity contribution in [2.24, 2.45) is 5.92 Å². The number of nitrogens with one attached hydrogen (secondary N) is 2. The average molecular weight is 409 g/mol. The molecule has 1 aromatic carbocycles. The number of piperidine rings is 1. The number of carbonyl (C=O) groups excluding carboxylic acids is 1. The van der Waals surface area contributed by atoms with Crippen molar-refractivity contribution in [1.82, 2.24) is 15.3 Å². The minimum atomic E-state index is -4.42. The van der Waals surface area contributed by atoms with E-state index in [0.717, 1.165) is 5.69 Å². The largest absolute Gasteiger partial charge is 0.495 e. The molecule has 0 bridgehead atoms. The standard InChI is InChI=1S/C19H22F3N5O2/c1-29-15-7-3-2-6-14(15)25-16-8-9-23-18(26-16)27-10-4-5-13(11-27)17(28)24-12-19(20,21)22/h2-3,6-9,13H,4-5,10-12H2,1H3,(H,24,28)(H,23,25,26). The van der Waals surface area contributed by atoms with Crippen LogP contribution in [0.5, 0.6) is 5.75 Å². The van der Waals surface area contributed by atoms with Gasteiger partial charge in [0.2, 0.25) is 11.9 Å². The van der Waals surface area contributed by atoms with Crippen LogP contribution in [0.4, 0.5) is 30.6 Å². The average Bonchev–Trinajstić information content (AvgIpc) is 2.72. The zero-order valence-electron chi connectivity index (χ0n) is 15.9. The van der Waals surface area contributed by atoms with Crippen molar-refractivity contribution in [3.05, 3.63) is 36.5 Å². The maximum atomic E-state index is 12.3. The van der Waals surface area contributed by atoms with E-state index >= 15 is 0 Å². The second-order valence-electron chi connectivity index (χ2n) is 6.69. The van der Waals surface area contributed by atoms with E-state index in [1.165, 1.54) is 0 Å². The molecule has 2 heterocycles. The van der Waals surface area contributed by atoms with Gasteiger partial charge >= 0.3 is 6.18 Å². The minimum absolute atomic E-state index is 0.266. The highest BCUT2D eigenvalue weighted by Crippen LogP contribution is 2.27. The van der Waals surface area contributed by atoms with E-state index in [1.54, 1.807) is 19.4 Å². The lowest BCUT2D eigenvalue weighted by atomic mass is 9.97. The van der Waals surface area contributed by atoms with E-state index in [4.69, 9.17) is 4.74 Å². The molecule has 29 heavy (non-hydrogen) atoms. The number of hydrogen-bond acceptors (Lipinski definition) is 6. The normalized spacial score (nSPS) is 17.0. The van der Waals surface area contributed by atoms with E-state index in [2.05, 4.69) is 15.3 Å². The molecule has 1 fully saturated rings. The Bertz CT molecular complexity index is 847. The summed E-state index contributed by atoms with van der Waals surface area (Å²) in [6.07, 6.45) is -1.64. The number of aromatic nitrogens is 2. The Morgan fingerprint density at radius 3 is 2.86 bits per heavy atom. The lowest BCUT2D eigenvalue weighted by Gasteiger charge is -2.32. The maximum Gasteiger partial charge on any atom is 0.405 e. The Balaban J connectivity index is 1.67. The van der Waals surface area contributed by atoms with Crippen LogP contribution < -0.4 is 20.3 Å². The van der Waals surface area contributed by atoms with E-state index in [-0.39, 0.29) is 6.54 Å². The Labute approximate surface area is 166 Å². The zero-order chi connectivity index (χ0) is 20.9. The monoisotopic (exact) mass is 409 g/mol. The summed E-state index contributed by atoms with van der Waals surface area (Å²) in [7, 11) is 1.57. The van der Waals surface area contributed by atoms with Crippen LogP contribution in [0.2, 0.25) is 0 Å². The van der Waals surface area contributed by atoms with Gasteiger partial charge in [-0.15, -0.1) is 0 Å². The maximum absolute atomic E-state index is 12.3. The summed E-state index contributed by atoms with van der Waals surface area (Å²) in [5, 5.41) is 5.13. The molecular weight excluding hydrogens is 387 g/mol. The predicted octanol–water partition coefficient (Wildman–Crippen LogP) is 3.12. The molecule has 1 atom stereocenters. The summed E-state index contributed by atoms with van der Waals surface area (Å²) in [5.41, 5.74) is 0.739. The molecule has 1 aromatic heterocycles. The molecule has 10 heteroatoms. The van der Waals surface area contributed by atoms with Crippen LogP contribution in [0.25, 0.3) is 0 Å². The first kappa shape index (κ1) is 20.7. The first-order valence-electron chi connectivity index (χ1n) is 9.18. The van der Waals surface area contributed by atoms with E-state index in [9.17, 15) is 18.0 Å². The fraction of sp³-hybridized carbons (Fsp3) is 0.421. The Kier molecular flexibility index (Phi) is 6.40. The molecule has 0 aliphatic carbocycles. The van der Waals surface area contributed by atoms with Crippen molar-refractivity contribution < 1.29 is 22.7 Å². The molecule has 3 rings (SSSR count). The molecule has 2 N–H and O–H groups in total. The second-order valence-corrected chi connectivity index (χ2v) is 6.69. The van der Waals surface area contributed by atoms with Crippen LogP contribution in [-0.2, 0) is 4.79 Å². The van der Waals surface area contributed by atoms with Crippen LogP contribution in [0.1, 0.15) is 12.8 Å². The van der Waals surface area contributed by atoms with Crippen LogP contribution in [0.15, 0.2) is 36.5 Å². The van der Waals surface area contributed by atoms with Gasteiger partial charge in [-0.25, -0.2) is 4.98 Å². The quantitative estimate of drug-likeness (QED) is 0.763. The molecule has 7 nitrogen and oxygen atoms in total. The molecule has 0 radical (unpaired) electrons. The van der Waals surface area contributed by atoms with Gasteiger partial charge in [0, 0.05) is 19.3 Å². The molecule has 0 saturated carbocycles. The van der Waals surface area contributed by atoms with Crippen molar-refractivity contribution in [1.29, 1.82) is 0 Å². The zero-order valence-corrected chi connectivity index (χ0v) is 15.9. The van der Waals surface area contributed by atoms with Crippen molar-refractivity contribution in [2.45, 2.75) is 19.0 Å². The fourth-order valence-corrected chi connectivity index (χ4v) is 3.16. The molecule has 1 saturated heterocycles. The number of para-hydroxylation sites is 2. The van der Waals surface area contributed by atoms with E-state index in [1.807, 2.05) is 34.5 Å². The Hall–Kier alpha value is -3.04. The lowest BCUT2D eigenvalue weighted by Crippen LogP contribution is -2.45. The van der Waals surface area contributed by atoms with Crippen LogP contribution in [0, 0.1) is 5.92 Å². The van der Waals surface area contributed by atoms with Gasteiger partial charge in [0.05, 0.1) is 18.7 Å². The van der Waals surface area contributed by atoms with Crippen LogP contribution in [0.3, 0.4) is 0 Å². The molecule has 2 aromatic rings. The Morgan fingerprint density at radius 1 is 1.31 bits per heavy atom. The van der Waals surface area contributed by atoms with Crippen molar-refractivity contribution in [3.63, 3.8) is 0 Å². The smallest absolute Gasteiger partial charge is 0.405 e. The van der Waals surface area contributed by atoms with Crippen molar-refractivity contribution in [2.75, 3.05) is 37.0 Å². The van der Waals surface area contributed by atoms with E-state index < -0.39 is 24.5 Å². The number of carbonyl (C=O) groups is 1. The lowest BCUT2D eigenvalue weighted by molar-refractivity contribution is -0.140. The van der Waals surface area contributed by atoms with E-state index in [0.29, 0.717) is 36.9 Å². The molecule has 0 spiro atoms. The number of anilines is 3. The predicted molar refractivity (Wildman–Crippen MR) is 102 cm³/mol. The summed E-state index contributed by atoms with van der Waals surface area (Å²) in [6.45, 7) is -0.430. The highest BCUT2D eigenvalue weighted by Gasteiger charge is 2.32. The summed E-state index contributed by atoms with van der Waals surface area (Å²) >= 11 is 0. The summed E-state index contributed by atoms with van der Waals surface area (Å²) in [6, 6.07) is 9.09. The first-order valence-corrected chi connectivity index (χ1v) is 9.18. The number of nitrogens with zero attached hydrogens (tertiary/aromatic N) is 3. The number of halogens is 3. The first-order chi connectivity index (χ1) is 13.9. The van der Waals surface area contributed by atoms with Gasteiger partial charge < -0.3 is 20.3 Å². The SMILES string of the molecule is COc1ccccc1Nc1ccnc(N2CCCC(C(=O)NCC(F)(F)F)C2)n1. The topological polar surface area (TPSA) is 79.4 Å². The number of hydrogen-bond donors (Lipinski definition) is 2. The molecule has 1 aliphatic heterocycles. The molecule has 1 aliphatic rings. The summed E-state index contributed by atoms with van der Waals surface area (Å²) < 4.78 is 42.3. The van der Waals surface area contributed by atoms with Gasteiger partial charge in [-0.1, -0.05) is 12.1 Å². The number of benzene rings is 1. The number of amides is 1. The number of rotatable bonds is 6. The molecular formula is C19H22F3N5O2. The Morgan fingerprint density at radius 2 is 2.10 bits per heavy atom. The number of methoxy groups -OCH3 is 1. The van der Waals surface area contributed by atoms with Gasteiger partial charge in [0.25, 0.3) is 0 Å².